The number of nitrogens with zero attached hydrogens (tertiary/aromatic N) is 1. The Kier molecular flexibility index (Phi) is 4.02. The lowest BCUT2D eigenvalue weighted by Gasteiger charge is -2.22. The van der Waals surface area contributed by atoms with Gasteiger partial charge in [0.2, 0.25) is 5.91 Å². The molecule has 2 unspecified atom stereocenters. The molecule has 3 nitrogen and oxygen atoms in total. The summed E-state index contributed by atoms with van der Waals surface area (Å²) >= 11 is 0. The number of hydrogen-bond donors (Lipinski definition) is 1. The lowest BCUT2D eigenvalue weighted by Crippen LogP contribution is -2.37. The van der Waals surface area contributed by atoms with E-state index in [1.54, 1.807) is 0 Å². The molecule has 1 aliphatic rings. The predicted octanol–water partition coefficient (Wildman–Crippen LogP) is 2.19. The fourth-order valence-electron chi connectivity index (χ4n) is 2.53. The molecule has 1 saturated heterocycles. The van der Waals surface area contributed by atoms with E-state index in [1.165, 1.54) is 0 Å². The summed E-state index contributed by atoms with van der Waals surface area (Å²) in [5.74, 6) is 1.32. The molecule has 0 bridgehead atoms. The van der Waals surface area contributed by atoms with Crippen LogP contribution >= 0.6 is 0 Å². The van der Waals surface area contributed by atoms with Crippen molar-refractivity contribution in [1.82, 2.24) is 4.90 Å². The van der Waals surface area contributed by atoms with E-state index in [9.17, 15) is 4.79 Å². The molecule has 0 spiro atoms. The number of nitrogens with two attached hydrogens (primary N) is 1. The highest BCUT2D eigenvalue weighted by atomic mass is 16.2. The first-order valence-corrected chi connectivity index (χ1v) is 6.69. The Morgan fingerprint density at radius 3 is 2.56 bits per heavy atom. The average molecular weight is 246 g/mol. The molecule has 0 saturated carbocycles. The van der Waals surface area contributed by atoms with Crippen LogP contribution in [0.15, 0.2) is 30.3 Å². The molecule has 2 N–H and O–H groups in total. The molecule has 1 heterocycles. The minimum Gasteiger partial charge on any atom is -0.341 e. The van der Waals surface area contributed by atoms with E-state index < -0.39 is 6.04 Å². The van der Waals surface area contributed by atoms with E-state index in [0.717, 1.165) is 25.1 Å². The molecule has 1 aliphatic heterocycles. The van der Waals surface area contributed by atoms with Gasteiger partial charge in [0.1, 0.15) is 6.04 Å². The fourth-order valence-corrected chi connectivity index (χ4v) is 2.53. The number of rotatable bonds is 3. The zero-order chi connectivity index (χ0) is 13.1. The molecule has 1 aromatic carbocycles. The molecule has 1 fully saturated rings. The van der Waals surface area contributed by atoms with Gasteiger partial charge in [-0.3, -0.25) is 4.79 Å². The van der Waals surface area contributed by atoms with Crippen molar-refractivity contribution >= 4 is 5.91 Å². The van der Waals surface area contributed by atoms with Crippen molar-refractivity contribution in [2.24, 2.45) is 17.6 Å². The second-order valence-electron chi connectivity index (χ2n) is 5.47. The minimum absolute atomic E-state index is 0.0596. The van der Waals surface area contributed by atoms with Gasteiger partial charge in [0.05, 0.1) is 0 Å². The molecule has 0 aromatic heterocycles. The molecular formula is C15H22N2O. The first-order chi connectivity index (χ1) is 8.59. The molecular weight excluding hydrogens is 224 g/mol. The largest absolute Gasteiger partial charge is 0.341 e. The lowest BCUT2D eigenvalue weighted by molar-refractivity contribution is -0.131. The van der Waals surface area contributed by atoms with Crippen molar-refractivity contribution in [3.8, 4) is 0 Å². The summed E-state index contributed by atoms with van der Waals surface area (Å²) in [5.41, 5.74) is 6.95. The molecule has 1 amide bonds. The molecule has 2 rings (SSSR count). The van der Waals surface area contributed by atoms with E-state index in [0.29, 0.717) is 11.8 Å². The highest BCUT2D eigenvalue weighted by Crippen LogP contribution is 2.25. The summed E-state index contributed by atoms with van der Waals surface area (Å²) < 4.78 is 0. The molecule has 18 heavy (non-hydrogen) atoms. The van der Waals surface area contributed by atoms with E-state index in [4.69, 9.17) is 5.73 Å². The van der Waals surface area contributed by atoms with Crippen LogP contribution in [-0.4, -0.2) is 23.9 Å². The Morgan fingerprint density at radius 1 is 1.33 bits per heavy atom. The van der Waals surface area contributed by atoms with Gasteiger partial charge in [-0.1, -0.05) is 44.2 Å². The maximum absolute atomic E-state index is 12.3. The summed E-state index contributed by atoms with van der Waals surface area (Å²) in [4.78, 5) is 14.2. The number of likely N-dealkylation sites (tertiary alicyclic amines) is 1. The van der Waals surface area contributed by atoms with Gasteiger partial charge >= 0.3 is 0 Å². The SMILES string of the molecule is CC(C)C1CCN(C(=O)C(N)c2ccccc2)C1. The normalized spacial score (nSPS) is 21.3. The van der Waals surface area contributed by atoms with Crippen LogP contribution in [0, 0.1) is 11.8 Å². The zero-order valence-corrected chi connectivity index (χ0v) is 11.2. The molecule has 2 atom stereocenters. The molecule has 98 valence electrons. The maximum Gasteiger partial charge on any atom is 0.244 e. The summed E-state index contributed by atoms with van der Waals surface area (Å²) in [6.07, 6.45) is 1.10. The molecule has 0 radical (unpaired) electrons. The van der Waals surface area contributed by atoms with Crippen LogP contribution < -0.4 is 5.73 Å². The number of amides is 1. The third-order valence-corrected chi connectivity index (χ3v) is 3.90. The third kappa shape index (κ3) is 2.72. The standard InChI is InChI=1S/C15H22N2O/c1-11(2)13-8-9-17(10-13)15(18)14(16)12-6-4-3-5-7-12/h3-7,11,13-14H,8-10,16H2,1-2H3. The van der Waals surface area contributed by atoms with Gasteiger partial charge in [-0.25, -0.2) is 0 Å². The summed E-state index contributed by atoms with van der Waals surface area (Å²) in [6.45, 7) is 6.14. The Labute approximate surface area is 109 Å². The smallest absolute Gasteiger partial charge is 0.244 e. The zero-order valence-electron chi connectivity index (χ0n) is 11.2. The van der Waals surface area contributed by atoms with Crippen molar-refractivity contribution < 1.29 is 4.79 Å². The van der Waals surface area contributed by atoms with Crippen LogP contribution in [0.2, 0.25) is 0 Å². The highest BCUT2D eigenvalue weighted by molar-refractivity contribution is 5.83. The lowest BCUT2D eigenvalue weighted by atomic mass is 9.95. The van der Waals surface area contributed by atoms with Gasteiger partial charge < -0.3 is 10.6 Å². The highest BCUT2D eigenvalue weighted by Gasteiger charge is 2.30. The molecule has 1 aromatic rings. The van der Waals surface area contributed by atoms with Crippen LogP contribution in [0.5, 0.6) is 0 Å². The Hall–Kier alpha value is -1.35. The van der Waals surface area contributed by atoms with Gasteiger partial charge in [-0.2, -0.15) is 0 Å². The van der Waals surface area contributed by atoms with Gasteiger partial charge in [0.15, 0.2) is 0 Å². The summed E-state index contributed by atoms with van der Waals surface area (Å²) in [5, 5.41) is 0. The van der Waals surface area contributed by atoms with Crippen LogP contribution in [0.4, 0.5) is 0 Å². The van der Waals surface area contributed by atoms with Crippen LogP contribution in [0.3, 0.4) is 0 Å². The topological polar surface area (TPSA) is 46.3 Å². The Balaban J connectivity index is 2.00. The van der Waals surface area contributed by atoms with Crippen molar-refractivity contribution in [2.75, 3.05) is 13.1 Å². The Morgan fingerprint density at radius 2 is 2.00 bits per heavy atom. The van der Waals surface area contributed by atoms with E-state index in [-0.39, 0.29) is 5.91 Å². The number of benzene rings is 1. The van der Waals surface area contributed by atoms with Crippen molar-refractivity contribution in [3.63, 3.8) is 0 Å². The van der Waals surface area contributed by atoms with E-state index in [1.807, 2.05) is 35.2 Å². The van der Waals surface area contributed by atoms with E-state index in [2.05, 4.69) is 13.8 Å². The second kappa shape index (κ2) is 5.53. The van der Waals surface area contributed by atoms with Crippen molar-refractivity contribution in [2.45, 2.75) is 26.3 Å². The fraction of sp³-hybridized carbons (Fsp3) is 0.533. The first-order valence-electron chi connectivity index (χ1n) is 6.69. The van der Waals surface area contributed by atoms with Crippen molar-refractivity contribution in [1.29, 1.82) is 0 Å². The first kappa shape index (κ1) is 13.1. The van der Waals surface area contributed by atoms with Gasteiger partial charge in [-0.05, 0) is 23.8 Å². The molecule has 0 aliphatic carbocycles. The monoisotopic (exact) mass is 246 g/mol. The maximum atomic E-state index is 12.3. The third-order valence-electron chi connectivity index (χ3n) is 3.90. The average Bonchev–Trinajstić information content (AvgIpc) is 2.88. The van der Waals surface area contributed by atoms with Gasteiger partial charge in [-0.15, -0.1) is 0 Å². The van der Waals surface area contributed by atoms with Crippen LogP contribution in [0.1, 0.15) is 31.9 Å². The number of hydrogen-bond acceptors (Lipinski definition) is 2. The minimum atomic E-state index is -0.517. The summed E-state index contributed by atoms with van der Waals surface area (Å²) in [6, 6.07) is 9.09. The number of carbonyl (C=O) groups is 1. The predicted molar refractivity (Wildman–Crippen MR) is 72.9 cm³/mol. The van der Waals surface area contributed by atoms with Gasteiger partial charge in [0.25, 0.3) is 0 Å². The molecule has 3 heteroatoms. The van der Waals surface area contributed by atoms with Gasteiger partial charge in [0, 0.05) is 13.1 Å². The van der Waals surface area contributed by atoms with Crippen LogP contribution in [-0.2, 0) is 4.79 Å². The quantitative estimate of drug-likeness (QED) is 0.888. The number of carbonyl (C=O) groups excluding carboxylic acids is 1. The second-order valence-corrected chi connectivity index (χ2v) is 5.47. The van der Waals surface area contributed by atoms with Crippen molar-refractivity contribution in [3.05, 3.63) is 35.9 Å². The van der Waals surface area contributed by atoms with Crippen LogP contribution in [0.25, 0.3) is 0 Å². The Bertz CT molecular complexity index is 402. The summed E-state index contributed by atoms with van der Waals surface area (Å²) in [7, 11) is 0. The van der Waals surface area contributed by atoms with E-state index >= 15 is 0 Å².